The van der Waals surface area contributed by atoms with Crippen LogP contribution in [0.1, 0.15) is 92.4 Å². The van der Waals surface area contributed by atoms with Crippen molar-refractivity contribution in [3.05, 3.63) is 0 Å². The highest BCUT2D eigenvalue weighted by Crippen LogP contribution is 2.55. The molecular weight excluding hydrogens is 278 g/mol. The van der Waals surface area contributed by atoms with Gasteiger partial charge in [0.2, 0.25) is 0 Å². The van der Waals surface area contributed by atoms with E-state index >= 15 is 0 Å². The molecule has 136 valence electrons. The van der Waals surface area contributed by atoms with E-state index in [2.05, 4.69) is 34.6 Å². The van der Waals surface area contributed by atoms with Crippen molar-refractivity contribution in [2.75, 3.05) is 0 Å². The Hall–Kier alpha value is -0.0400. The van der Waals surface area contributed by atoms with Crippen LogP contribution in [0.5, 0.6) is 0 Å². The van der Waals surface area contributed by atoms with Crippen LogP contribution in [-0.4, -0.2) is 6.04 Å². The smallest absolute Gasteiger partial charge is 0.00699 e. The average molecular weight is 322 g/mol. The zero-order valence-corrected chi connectivity index (χ0v) is 16.6. The van der Waals surface area contributed by atoms with E-state index in [1.165, 1.54) is 57.8 Å². The van der Waals surface area contributed by atoms with Gasteiger partial charge < -0.3 is 5.73 Å². The molecule has 7 atom stereocenters. The Balaban J connectivity index is 1.77. The summed E-state index contributed by atoms with van der Waals surface area (Å²) >= 11 is 0. The number of fused-ring (bicyclic) bond motifs is 1. The van der Waals surface area contributed by atoms with Gasteiger partial charge in [-0.05, 0) is 67.1 Å². The van der Waals surface area contributed by atoms with Gasteiger partial charge in [0.15, 0.2) is 0 Å². The van der Waals surface area contributed by atoms with Crippen molar-refractivity contribution >= 4 is 0 Å². The Kier molecular flexibility index (Phi) is 7.45. The lowest BCUT2D eigenvalue weighted by Crippen LogP contribution is -2.31. The highest BCUT2D eigenvalue weighted by atomic mass is 14.7. The Morgan fingerprint density at radius 2 is 1.65 bits per heavy atom. The fourth-order valence-electron chi connectivity index (χ4n) is 5.88. The van der Waals surface area contributed by atoms with Crippen molar-refractivity contribution in [1.29, 1.82) is 0 Å². The van der Waals surface area contributed by atoms with Crippen LogP contribution < -0.4 is 5.73 Å². The van der Waals surface area contributed by atoms with Crippen LogP contribution >= 0.6 is 0 Å². The van der Waals surface area contributed by atoms with Crippen LogP contribution in [0.4, 0.5) is 0 Å². The van der Waals surface area contributed by atoms with E-state index < -0.39 is 0 Å². The zero-order chi connectivity index (χ0) is 17.0. The largest absolute Gasteiger partial charge is 0.327 e. The lowest BCUT2D eigenvalue weighted by atomic mass is 9.82. The zero-order valence-electron chi connectivity index (χ0n) is 16.6. The first-order chi connectivity index (χ1) is 10.9. The van der Waals surface area contributed by atoms with E-state index in [0.717, 1.165) is 41.4 Å². The number of nitrogens with two attached hydrogens (primary N) is 1. The van der Waals surface area contributed by atoms with E-state index in [1.54, 1.807) is 0 Å². The van der Waals surface area contributed by atoms with Crippen molar-refractivity contribution in [2.45, 2.75) is 98.4 Å². The van der Waals surface area contributed by atoms with E-state index in [-0.39, 0.29) is 0 Å². The van der Waals surface area contributed by atoms with Gasteiger partial charge in [-0.25, -0.2) is 0 Å². The third-order valence-electron chi connectivity index (χ3n) is 7.31. The molecule has 0 heterocycles. The van der Waals surface area contributed by atoms with Gasteiger partial charge >= 0.3 is 0 Å². The number of unbranched alkanes of at least 4 members (excludes halogenated alkanes) is 3. The van der Waals surface area contributed by atoms with Crippen LogP contribution in [0.25, 0.3) is 0 Å². The van der Waals surface area contributed by atoms with Crippen molar-refractivity contribution in [3.63, 3.8) is 0 Å². The third kappa shape index (κ3) is 4.97. The Bertz CT molecular complexity index is 337. The van der Waals surface area contributed by atoms with Crippen molar-refractivity contribution in [2.24, 2.45) is 47.2 Å². The maximum Gasteiger partial charge on any atom is 0.00699 e. The molecule has 0 aromatic rings. The van der Waals surface area contributed by atoms with Gasteiger partial charge in [0.1, 0.15) is 0 Å². The lowest BCUT2D eigenvalue weighted by Gasteiger charge is -2.26. The molecule has 2 N–H and O–H groups in total. The molecule has 23 heavy (non-hydrogen) atoms. The van der Waals surface area contributed by atoms with E-state index in [0.29, 0.717) is 6.04 Å². The second kappa shape index (κ2) is 8.88. The van der Waals surface area contributed by atoms with E-state index in [4.69, 9.17) is 5.73 Å². The standard InChI is InChI=1S/C22H43N/c1-6-7-8-9-10-16(4)11-22(23)18-13-20-17(5)12-19(15(2)3)21(20)14-18/h15-22H,6-14,23H2,1-5H3. The first kappa shape index (κ1) is 19.3. The summed E-state index contributed by atoms with van der Waals surface area (Å²) < 4.78 is 0. The molecule has 2 aliphatic rings. The van der Waals surface area contributed by atoms with Gasteiger partial charge in [-0.3, -0.25) is 0 Å². The fraction of sp³-hybridized carbons (Fsp3) is 1.00. The summed E-state index contributed by atoms with van der Waals surface area (Å²) in [7, 11) is 0. The van der Waals surface area contributed by atoms with Crippen LogP contribution in [0, 0.1) is 41.4 Å². The maximum absolute atomic E-state index is 6.68. The SMILES string of the molecule is CCCCCCC(C)CC(N)C1CC2C(C)CC(C(C)C)C2C1. The van der Waals surface area contributed by atoms with Crippen molar-refractivity contribution < 1.29 is 0 Å². The summed E-state index contributed by atoms with van der Waals surface area (Å²) in [6.07, 6.45) is 12.5. The molecule has 0 radical (unpaired) electrons. The normalized spacial score (nSPS) is 36.4. The summed E-state index contributed by atoms with van der Waals surface area (Å²) in [5, 5.41) is 0. The molecule has 2 fully saturated rings. The minimum absolute atomic E-state index is 0.460. The molecule has 2 rings (SSSR count). The topological polar surface area (TPSA) is 26.0 Å². The molecule has 0 spiro atoms. The van der Waals surface area contributed by atoms with Crippen LogP contribution in [0.3, 0.4) is 0 Å². The van der Waals surface area contributed by atoms with Crippen LogP contribution in [0.15, 0.2) is 0 Å². The summed E-state index contributed by atoms with van der Waals surface area (Å²) in [6.45, 7) is 12.1. The molecular formula is C22H43N. The van der Waals surface area contributed by atoms with Gasteiger partial charge in [-0.2, -0.15) is 0 Å². The summed E-state index contributed by atoms with van der Waals surface area (Å²) in [5.74, 6) is 6.38. The first-order valence-corrected chi connectivity index (χ1v) is 10.7. The minimum atomic E-state index is 0.460. The molecule has 0 aromatic carbocycles. The fourth-order valence-corrected chi connectivity index (χ4v) is 5.88. The quantitative estimate of drug-likeness (QED) is 0.498. The predicted molar refractivity (Wildman–Crippen MR) is 102 cm³/mol. The van der Waals surface area contributed by atoms with Gasteiger partial charge in [-0.15, -0.1) is 0 Å². The maximum atomic E-state index is 6.68. The molecule has 0 amide bonds. The summed E-state index contributed by atoms with van der Waals surface area (Å²) in [6, 6.07) is 0.460. The summed E-state index contributed by atoms with van der Waals surface area (Å²) in [4.78, 5) is 0. The third-order valence-corrected chi connectivity index (χ3v) is 7.31. The first-order valence-electron chi connectivity index (χ1n) is 10.7. The van der Waals surface area contributed by atoms with E-state index in [9.17, 15) is 0 Å². The monoisotopic (exact) mass is 321 g/mol. The Morgan fingerprint density at radius 1 is 0.957 bits per heavy atom. The van der Waals surface area contributed by atoms with Crippen LogP contribution in [0.2, 0.25) is 0 Å². The molecule has 0 aromatic heterocycles. The second-order valence-electron chi connectivity index (χ2n) is 9.53. The van der Waals surface area contributed by atoms with Crippen molar-refractivity contribution in [1.82, 2.24) is 0 Å². The Labute approximate surface area is 146 Å². The van der Waals surface area contributed by atoms with Gasteiger partial charge in [0.25, 0.3) is 0 Å². The lowest BCUT2D eigenvalue weighted by molar-refractivity contribution is 0.259. The van der Waals surface area contributed by atoms with Crippen molar-refractivity contribution in [3.8, 4) is 0 Å². The highest BCUT2D eigenvalue weighted by Gasteiger charge is 2.48. The molecule has 2 aliphatic carbocycles. The van der Waals surface area contributed by atoms with E-state index in [1.807, 2.05) is 0 Å². The highest BCUT2D eigenvalue weighted by molar-refractivity contribution is 4.99. The number of hydrogen-bond acceptors (Lipinski definition) is 1. The molecule has 0 saturated heterocycles. The predicted octanol–water partition coefficient (Wildman–Crippen LogP) is 6.26. The Morgan fingerprint density at radius 3 is 2.30 bits per heavy atom. The second-order valence-corrected chi connectivity index (χ2v) is 9.53. The minimum Gasteiger partial charge on any atom is -0.327 e. The summed E-state index contributed by atoms with van der Waals surface area (Å²) in [5.41, 5.74) is 6.68. The molecule has 1 heteroatoms. The molecule has 0 aliphatic heterocycles. The van der Waals surface area contributed by atoms with Crippen LogP contribution in [-0.2, 0) is 0 Å². The molecule has 1 nitrogen and oxygen atoms in total. The molecule has 0 bridgehead atoms. The molecule has 7 unspecified atom stereocenters. The number of rotatable bonds is 9. The van der Waals surface area contributed by atoms with Gasteiger partial charge in [0, 0.05) is 6.04 Å². The van der Waals surface area contributed by atoms with Gasteiger partial charge in [0.05, 0.1) is 0 Å². The molecule has 2 saturated carbocycles. The van der Waals surface area contributed by atoms with Gasteiger partial charge in [-0.1, -0.05) is 66.7 Å². The number of hydrogen-bond donors (Lipinski definition) is 1. The average Bonchev–Trinajstić information content (AvgIpc) is 3.04.